The number of allylic oxidation sites excluding steroid dienone is 1. The Kier molecular flexibility index (Phi) is 6.88. The second-order valence-corrected chi connectivity index (χ2v) is 9.47. The van der Waals surface area contributed by atoms with Crippen molar-refractivity contribution in [2.75, 3.05) is 24.5 Å². The van der Waals surface area contributed by atoms with Crippen LogP contribution in [0, 0.1) is 18.8 Å². The van der Waals surface area contributed by atoms with Gasteiger partial charge in [0.05, 0.1) is 5.69 Å². The smallest absolute Gasteiger partial charge is 0.263 e. The molecule has 0 aromatic carbocycles. The van der Waals surface area contributed by atoms with Gasteiger partial charge in [0.25, 0.3) is 5.71 Å². The number of nitrogens with one attached hydrogen (secondary N) is 1. The van der Waals surface area contributed by atoms with E-state index in [1.54, 1.807) is 0 Å². The van der Waals surface area contributed by atoms with E-state index in [-0.39, 0.29) is 5.91 Å². The van der Waals surface area contributed by atoms with Crippen molar-refractivity contribution in [3.63, 3.8) is 0 Å². The maximum atomic E-state index is 12.4. The molecule has 0 radical (unpaired) electrons. The number of piperidine rings is 1. The number of aryl methyl sites for hydroxylation is 2. The zero-order chi connectivity index (χ0) is 21.8. The van der Waals surface area contributed by atoms with Gasteiger partial charge in [0.15, 0.2) is 0 Å². The van der Waals surface area contributed by atoms with Crippen LogP contribution in [-0.4, -0.2) is 40.7 Å². The van der Waals surface area contributed by atoms with Gasteiger partial charge < -0.3 is 14.7 Å². The van der Waals surface area contributed by atoms with Crippen molar-refractivity contribution >= 4 is 22.8 Å². The normalized spacial score (nSPS) is 21.9. The van der Waals surface area contributed by atoms with Crippen molar-refractivity contribution in [3.05, 3.63) is 23.2 Å². The molecular weight excluding hydrogens is 390 g/mol. The van der Waals surface area contributed by atoms with E-state index in [4.69, 9.17) is 9.51 Å². The molecule has 1 saturated heterocycles. The number of carbonyl (C=O) groups is 1. The molecule has 7 nitrogen and oxygen atoms in total. The Hall–Kier alpha value is -2.44. The Labute approximate surface area is 184 Å². The topological polar surface area (TPSA) is 84.1 Å². The second-order valence-electron chi connectivity index (χ2n) is 9.47. The maximum Gasteiger partial charge on any atom is 0.263 e. The van der Waals surface area contributed by atoms with Gasteiger partial charge in [-0.25, -0.2) is 4.98 Å². The fourth-order valence-corrected chi connectivity index (χ4v) is 5.00. The first-order valence-corrected chi connectivity index (χ1v) is 11.8. The first-order chi connectivity index (χ1) is 15.0. The van der Waals surface area contributed by atoms with Crippen LogP contribution >= 0.6 is 0 Å². The van der Waals surface area contributed by atoms with Gasteiger partial charge in [-0.15, -0.1) is 0 Å². The van der Waals surface area contributed by atoms with Gasteiger partial charge >= 0.3 is 0 Å². The standard InChI is InChI=1S/C24H35N5O2/c1-16-13-17(2)15-29(14-16)23-22-18(3)28-31-24(22)27-20(26-23)9-10-21(30)25-12-11-19-7-5-4-6-8-19/h7,16-17H,4-6,8-15H2,1-3H3,(H,25,30)/t16-,17-/m1/s1. The highest BCUT2D eigenvalue weighted by molar-refractivity contribution is 5.88. The quantitative estimate of drug-likeness (QED) is 0.664. The molecule has 0 spiro atoms. The number of fused-ring (bicyclic) bond motifs is 1. The zero-order valence-electron chi connectivity index (χ0n) is 19.1. The number of amides is 1. The van der Waals surface area contributed by atoms with Crippen LogP contribution in [-0.2, 0) is 11.2 Å². The summed E-state index contributed by atoms with van der Waals surface area (Å²) in [5.74, 6) is 2.83. The molecular formula is C24H35N5O2. The third kappa shape index (κ3) is 5.43. The zero-order valence-corrected chi connectivity index (χ0v) is 19.1. The van der Waals surface area contributed by atoms with E-state index >= 15 is 0 Å². The number of aromatic nitrogens is 3. The first kappa shape index (κ1) is 21.8. The van der Waals surface area contributed by atoms with E-state index in [0.29, 0.717) is 42.8 Å². The van der Waals surface area contributed by atoms with Crippen LogP contribution in [0.15, 0.2) is 16.2 Å². The van der Waals surface area contributed by atoms with E-state index in [1.807, 2.05) is 6.92 Å². The van der Waals surface area contributed by atoms with E-state index in [0.717, 1.165) is 36.4 Å². The molecule has 0 bridgehead atoms. The van der Waals surface area contributed by atoms with Crippen LogP contribution in [0.4, 0.5) is 5.82 Å². The van der Waals surface area contributed by atoms with Gasteiger partial charge in [-0.1, -0.05) is 30.7 Å². The lowest BCUT2D eigenvalue weighted by Gasteiger charge is -2.36. The summed E-state index contributed by atoms with van der Waals surface area (Å²) < 4.78 is 5.48. The van der Waals surface area contributed by atoms with Crippen LogP contribution in [0.5, 0.6) is 0 Å². The van der Waals surface area contributed by atoms with E-state index in [9.17, 15) is 4.79 Å². The lowest BCUT2D eigenvalue weighted by Crippen LogP contribution is -2.39. The van der Waals surface area contributed by atoms with Gasteiger partial charge in [-0.2, -0.15) is 4.98 Å². The number of hydrogen-bond donors (Lipinski definition) is 1. The number of carbonyl (C=O) groups excluding carboxylic acids is 1. The number of hydrogen-bond acceptors (Lipinski definition) is 6. The Morgan fingerprint density at radius 3 is 2.74 bits per heavy atom. The van der Waals surface area contributed by atoms with Crippen molar-refractivity contribution in [2.45, 2.75) is 72.1 Å². The molecule has 168 valence electrons. The molecule has 1 aliphatic heterocycles. The van der Waals surface area contributed by atoms with Gasteiger partial charge in [-0.05, 0) is 57.3 Å². The van der Waals surface area contributed by atoms with Crippen molar-refractivity contribution < 1.29 is 9.32 Å². The predicted molar refractivity (Wildman–Crippen MR) is 122 cm³/mol. The molecule has 1 aliphatic carbocycles. The highest BCUT2D eigenvalue weighted by atomic mass is 16.5. The molecule has 2 aliphatic rings. The summed E-state index contributed by atoms with van der Waals surface area (Å²) in [5, 5.41) is 8.07. The number of nitrogens with zero attached hydrogens (tertiary/aromatic N) is 4. The number of anilines is 1. The van der Waals surface area contributed by atoms with Gasteiger partial charge in [0.1, 0.15) is 17.0 Å². The van der Waals surface area contributed by atoms with Crippen LogP contribution in [0.3, 0.4) is 0 Å². The Morgan fingerprint density at radius 1 is 1.19 bits per heavy atom. The highest BCUT2D eigenvalue weighted by Gasteiger charge is 2.27. The van der Waals surface area contributed by atoms with Crippen molar-refractivity contribution in [3.8, 4) is 0 Å². The highest BCUT2D eigenvalue weighted by Crippen LogP contribution is 2.32. The van der Waals surface area contributed by atoms with Crippen molar-refractivity contribution in [1.82, 2.24) is 20.4 Å². The van der Waals surface area contributed by atoms with Gasteiger partial charge in [-0.3, -0.25) is 4.79 Å². The molecule has 3 heterocycles. The third-order valence-corrected chi connectivity index (χ3v) is 6.43. The molecule has 2 atom stereocenters. The van der Waals surface area contributed by atoms with E-state index in [1.165, 1.54) is 37.7 Å². The van der Waals surface area contributed by atoms with Crippen molar-refractivity contribution in [1.29, 1.82) is 0 Å². The second kappa shape index (κ2) is 9.79. The molecule has 0 saturated carbocycles. The predicted octanol–water partition coefficient (Wildman–Crippen LogP) is 4.35. The minimum atomic E-state index is 0.0515. The minimum Gasteiger partial charge on any atom is -0.356 e. The van der Waals surface area contributed by atoms with E-state index in [2.05, 4.69) is 40.3 Å². The molecule has 2 aromatic heterocycles. The van der Waals surface area contributed by atoms with Crippen LogP contribution in [0.25, 0.3) is 11.1 Å². The van der Waals surface area contributed by atoms with Crippen LogP contribution < -0.4 is 10.2 Å². The molecule has 0 unspecified atom stereocenters. The average molecular weight is 426 g/mol. The first-order valence-electron chi connectivity index (χ1n) is 11.8. The summed E-state index contributed by atoms with van der Waals surface area (Å²) >= 11 is 0. The molecule has 31 heavy (non-hydrogen) atoms. The van der Waals surface area contributed by atoms with Crippen LogP contribution in [0.1, 0.15) is 70.3 Å². The maximum absolute atomic E-state index is 12.4. The average Bonchev–Trinajstić information content (AvgIpc) is 3.12. The fourth-order valence-electron chi connectivity index (χ4n) is 5.00. The summed E-state index contributed by atoms with van der Waals surface area (Å²) in [6.45, 7) is 9.16. The molecule has 1 amide bonds. The van der Waals surface area contributed by atoms with Gasteiger partial charge in [0, 0.05) is 32.5 Å². The van der Waals surface area contributed by atoms with Gasteiger partial charge in [0.2, 0.25) is 5.91 Å². The Bertz CT molecular complexity index is 941. The molecule has 1 fully saturated rings. The lowest BCUT2D eigenvalue weighted by molar-refractivity contribution is -0.121. The Morgan fingerprint density at radius 2 is 2.00 bits per heavy atom. The Balaban J connectivity index is 1.41. The molecule has 2 aromatic rings. The largest absolute Gasteiger partial charge is 0.356 e. The summed E-state index contributed by atoms with van der Waals surface area (Å²) in [7, 11) is 0. The summed E-state index contributed by atoms with van der Waals surface area (Å²) in [5.41, 5.74) is 2.82. The third-order valence-electron chi connectivity index (χ3n) is 6.43. The lowest BCUT2D eigenvalue weighted by atomic mass is 9.92. The van der Waals surface area contributed by atoms with E-state index < -0.39 is 0 Å². The van der Waals surface area contributed by atoms with Crippen LogP contribution in [0.2, 0.25) is 0 Å². The summed E-state index contributed by atoms with van der Waals surface area (Å²) in [6, 6.07) is 0. The monoisotopic (exact) mass is 425 g/mol. The SMILES string of the molecule is Cc1noc2nc(CCC(=O)NCCC3=CCCCC3)nc(N3C[C@H](C)C[C@@H](C)C3)c12. The molecule has 7 heteroatoms. The minimum absolute atomic E-state index is 0.0515. The summed E-state index contributed by atoms with van der Waals surface area (Å²) in [6.07, 6.45) is 10.3. The molecule has 1 N–H and O–H groups in total. The summed E-state index contributed by atoms with van der Waals surface area (Å²) in [4.78, 5) is 24.1. The molecule has 4 rings (SSSR count). The number of rotatable bonds is 7. The van der Waals surface area contributed by atoms with Crippen molar-refractivity contribution in [2.24, 2.45) is 11.8 Å². The fraction of sp³-hybridized carbons (Fsp3) is 0.667.